The van der Waals surface area contributed by atoms with Crippen LogP contribution in [0.25, 0.3) is 0 Å². The number of nitrogens with two attached hydrogens (primary N) is 1. The van der Waals surface area contributed by atoms with Crippen LogP contribution in [0, 0.1) is 0 Å². The second-order valence-corrected chi connectivity index (χ2v) is 4.98. The molecular weight excluding hydrogens is 257 g/mol. The lowest BCUT2D eigenvalue weighted by Gasteiger charge is -2.27. The number of hydrogen-bond acceptors (Lipinski definition) is 2. The van der Waals surface area contributed by atoms with Crippen molar-refractivity contribution in [2.24, 2.45) is 5.73 Å². The van der Waals surface area contributed by atoms with Gasteiger partial charge in [-0.25, -0.2) is 0 Å². The number of alkyl halides is 3. The Bertz CT molecular complexity index is 452. The third-order valence-corrected chi connectivity index (χ3v) is 2.93. The van der Waals surface area contributed by atoms with Gasteiger partial charge in [0.25, 0.3) is 0 Å². The minimum atomic E-state index is -4.35. The molecule has 1 aromatic carbocycles. The zero-order chi connectivity index (χ0) is 14.8. The van der Waals surface area contributed by atoms with Gasteiger partial charge in [-0.15, -0.1) is 0 Å². The number of halogens is 3. The summed E-state index contributed by atoms with van der Waals surface area (Å²) in [5.41, 5.74) is 4.26. The fourth-order valence-electron chi connectivity index (χ4n) is 1.66. The van der Waals surface area contributed by atoms with E-state index in [1.807, 2.05) is 0 Å². The summed E-state index contributed by atoms with van der Waals surface area (Å²) in [7, 11) is 0. The first kappa shape index (κ1) is 15.5. The van der Waals surface area contributed by atoms with E-state index >= 15 is 0 Å². The Morgan fingerprint density at radius 1 is 1.21 bits per heavy atom. The zero-order valence-electron chi connectivity index (χ0n) is 11.0. The number of carbonyl (C=O) groups is 1. The molecule has 0 radical (unpaired) electrons. The van der Waals surface area contributed by atoms with Crippen molar-refractivity contribution < 1.29 is 18.0 Å². The van der Waals surface area contributed by atoms with Gasteiger partial charge in [-0.2, -0.15) is 13.2 Å². The molecule has 0 aliphatic heterocycles. The van der Waals surface area contributed by atoms with Gasteiger partial charge in [0, 0.05) is 6.04 Å². The molecule has 0 aliphatic rings. The Labute approximate surface area is 110 Å². The first-order valence-electron chi connectivity index (χ1n) is 5.79. The lowest BCUT2D eigenvalue weighted by molar-refractivity contribution is -0.137. The molecule has 0 bridgehead atoms. The highest BCUT2D eigenvalue weighted by molar-refractivity contribution is 5.83. The van der Waals surface area contributed by atoms with Crippen LogP contribution >= 0.6 is 0 Å². The zero-order valence-corrected chi connectivity index (χ0v) is 11.0. The molecular formula is C13H17F3N2O. The molecule has 0 saturated carbocycles. The van der Waals surface area contributed by atoms with Crippen molar-refractivity contribution in [2.45, 2.75) is 38.5 Å². The van der Waals surface area contributed by atoms with E-state index in [1.165, 1.54) is 12.1 Å². The van der Waals surface area contributed by atoms with Crippen molar-refractivity contribution in [3.8, 4) is 0 Å². The lowest BCUT2D eigenvalue weighted by atomic mass is 9.99. The largest absolute Gasteiger partial charge is 0.416 e. The first-order chi connectivity index (χ1) is 8.54. The van der Waals surface area contributed by atoms with Gasteiger partial charge in [0.05, 0.1) is 11.1 Å². The number of hydrogen-bond donors (Lipinski definition) is 2. The smallest absolute Gasteiger partial charge is 0.368 e. The normalized spacial score (nSPS) is 14.2. The van der Waals surface area contributed by atoms with Crippen molar-refractivity contribution in [3.05, 3.63) is 35.4 Å². The first-order valence-corrected chi connectivity index (χ1v) is 5.79. The number of carbonyl (C=O) groups excluding carboxylic acids is 1. The van der Waals surface area contributed by atoms with Crippen LogP contribution in [-0.2, 0) is 11.0 Å². The van der Waals surface area contributed by atoms with E-state index in [0.29, 0.717) is 5.56 Å². The molecule has 1 rings (SSSR count). The fourth-order valence-corrected chi connectivity index (χ4v) is 1.66. The van der Waals surface area contributed by atoms with Crippen LogP contribution in [-0.4, -0.2) is 11.4 Å². The Balaban J connectivity index is 2.85. The lowest BCUT2D eigenvalue weighted by Crippen LogP contribution is -2.51. The summed E-state index contributed by atoms with van der Waals surface area (Å²) in [6.07, 6.45) is -4.35. The number of benzene rings is 1. The third-order valence-electron chi connectivity index (χ3n) is 2.93. The summed E-state index contributed by atoms with van der Waals surface area (Å²) in [6, 6.07) is 4.52. The third kappa shape index (κ3) is 3.96. The van der Waals surface area contributed by atoms with Gasteiger partial charge >= 0.3 is 6.18 Å². The fraction of sp³-hybridized carbons (Fsp3) is 0.462. The van der Waals surface area contributed by atoms with Crippen LogP contribution in [0.5, 0.6) is 0 Å². The number of nitrogens with one attached hydrogen (secondary N) is 1. The van der Waals surface area contributed by atoms with Gasteiger partial charge in [-0.3, -0.25) is 10.1 Å². The molecule has 0 aliphatic carbocycles. The van der Waals surface area contributed by atoms with Crippen LogP contribution < -0.4 is 11.1 Å². The number of primary amides is 1. The van der Waals surface area contributed by atoms with Crippen molar-refractivity contribution in [3.63, 3.8) is 0 Å². The van der Waals surface area contributed by atoms with E-state index in [9.17, 15) is 18.0 Å². The van der Waals surface area contributed by atoms with Crippen molar-refractivity contribution in [2.75, 3.05) is 0 Å². The van der Waals surface area contributed by atoms with Gasteiger partial charge in [-0.05, 0) is 38.5 Å². The molecule has 19 heavy (non-hydrogen) atoms. The van der Waals surface area contributed by atoms with Crippen LogP contribution in [0.15, 0.2) is 24.3 Å². The Morgan fingerprint density at radius 3 is 2.05 bits per heavy atom. The van der Waals surface area contributed by atoms with Crippen LogP contribution in [0.2, 0.25) is 0 Å². The topological polar surface area (TPSA) is 55.1 Å². The van der Waals surface area contributed by atoms with Crippen LogP contribution in [0.4, 0.5) is 13.2 Å². The monoisotopic (exact) mass is 274 g/mol. The predicted octanol–water partition coefficient (Wildman–Crippen LogP) is 2.62. The average Bonchev–Trinajstić information content (AvgIpc) is 2.27. The highest BCUT2D eigenvalue weighted by Gasteiger charge is 2.31. The van der Waals surface area contributed by atoms with Gasteiger partial charge < -0.3 is 5.73 Å². The van der Waals surface area contributed by atoms with Crippen molar-refractivity contribution >= 4 is 5.91 Å². The van der Waals surface area contributed by atoms with Gasteiger partial charge in [0.2, 0.25) is 5.91 Å². The molecule has 0 aromatic heterocycles. The molecule has 0 spiro atoms. The van der Waals surface area contributed by atoms with Gasteiger partial charge in [-0.1, -0.05) is 12.1 Å². The predicted molar refractivity (Wildman–Crippen MR) is 66.3 cm³/mol. The van der Waals surface area contributed by atoms with Crippen LogP contribution in [0.1, 0.15) is 37.9 Å². The number of amides is 1. The minimum absolute atomic E-state index is 0.287. The Hall–Kier alpha value is -1.56. The molecule has 0 heterocycles. The maximum Gasteiger partial charge on any atom is 0.416 e. The summed E-state index contributed by atoms with van der Waals surface area (Å²) < 4.78 is 37.3. The molecule has 106 valence electrons. The summed E-state index contributed by atoms with van der Waals surface area (Å²) in [6.45, 7) is 5.00. The maximum absolute atomic E-state index is 12.4. The van der Waals surface area contributed by atoms with E-state index in [-0.39, 0.29) is 6.04 Å². The molecule has 1 unspecified atom stereocenters. The van der Waals surface area contributed by atoms with Crippen molar-refractivity contribution in [1.82, 2.24) is 5.32 Å². The summed E-state index contributed by atoms with van der Waals surface area (Å²) in [5, 5.41) is 2.97. The van der Waals surface area contributed by atoms with E-state index in [4.69, 9.17) is 5.73 Å². The van der Waals surface area contributed by atoms with Gasteiger partial charge in [0.1, 0.15) is 0 Å². The van der Waals surface area contributed by atoms with E-state index < -0.39 is 23.2 Å². The van der Waals surface area contributed by atoms with Crippen LogP contribution in [0.3, 0.4) is 0 Å². The summed E-state index contributed by atoms with van der Waals surface area (Å²) in [4.78, 5) is 11.2. The van der Waals surface area contributed by atoms with E-state index in [0.717, 1.165) is 12.1 Å². The summed E-state index contributed by atoms with van der Waals surface area (Å²) >= 11 is 0. The molecule has 6 heteroatoms. The highest BCUT2D eigenvalue weighted by Crippen LogP contribution is 2.30. The van der Waals surface area contributed by atoms with E-state index in [2.05, 4.69) is 5.32 Å². The van der Waals surface area contributed by atoms with Crippen molar-refractivity contribution in [1.29, 1.82) is 0 Å². The van der Waals surface area contributed by atoms with E-state index in [1.54, 1.807) is 20.8 Å². The highest BCUT2D eigenvalue weighted by atomic mass is 19.4. The molecule has 3 N–H and O–H groups in total. The Morgan fingerprint density at radius 2 is 1.68 bits per heavy atom. The Kier molecular flexibility index (Phi) is 4.25. The quantitative estimate of drug-likeness (QED) is 0.886. The molecule has 0 fully saturated rings. The number of rotatable bonds is 4. The SMILES string of the molecule is CC(NC(C)(C)C(N)=O)c1ccc(C(F)(F)F)cc1. The second kappa shape index (κ2) is 5.21. The second-order valence-electron chi connectivity index (χ2n) is 4.98. The molecule has 1 aromatic rings. The summed E-state index contributed by atoms with van der Waals surface area (Å²) in [5.74, 6) is -0.522. The molecule has 1 atom stereocenters. The molecule has 0 saturated heterocycles. The standard InChI is InChI=1S/C13H17F3N2O/c1-8(18-12(2,3)11(17)19)9-4-6-10(7-5-9)13(14,15)16/h4-8,18H,1-3H3,(H2,17,19). The maximum atomic E-state index is 12.4. The minimum Gasteiger partial charge on any atom is -0.368 e. The average molecular weight is 274 g/mol. The van der Waals surface area contributed by atoms with Gasteiger partial charge in [0.15, 0.2) is 0 Å². The molecule has 1 amide bonds. The molecule has 3 nitrogen and oxygen atoms in total.